The van der Waals surface area contributed by atoms with Crippen LogP contribution in [-0.2, 0) is 0 Å². The zero-order chi connectivity index (χ0) is 14.4. The molecule has 0 aliphatic heterocycles. The number of hydrogen-bond donors (Lipinski definition) is 1. The third kappa shape index (κ3) is 3.85. The first-order valence-corrected chi connectivity index (χ1v) is 8.60. The van der Waals surface area contributed by atoms with Gasteiger partial charge in [-0.2, -0.15) is 0 Å². The molecule has 1 aromatic rings. The molecule has 1 fully saturated rings. The quantitative estimate of drug-likeness (QED) is 0.668. The lowest BCUT2D eigenvalue weighted by atomic mass is 9.87. The van der Waals surface area contributed by atoms with Crippen LogP contribution in [0.2, 0.25) is 0 Å². The first-order valence-electron chi connectivity index (χ1n) is 8.60. The molecule has 0 aromatic heterocycles. The van der Waals surface area contributed by atoms with E-state index in [1.165, 1.54) is 32.1 Å². The third-order valence-corrected chi connectivity index (χ3v) is 4.93. The molecular weight excluding hydrogens is 242 g/mol. The first kappa shape index (κ1) is 15.6. The molecule has 1 heteroatoms. The predicted octanol–water partition coefficient (Wildman–Crippen LogP) is 4.98. The van der Waals surface area contributed by atoms with Crippen LogP contribution < -0.4 is 5.32 Å². The van der Waals surface area contributed by atoms with Crippen molar-refractivity contribution in [3.8, 4) is 0 Å². The molecule has 112 valence electrons. The Labute approximate surface area is 125 Å². The van der Waals surface area contributed by atoms with Crippen LogP contribution in [0.15, 0.2) is 30.3 Å². The van der Waals surface area contributed by atoms with Crippen LogP contribution in [0.4, 0.5) is 0 Å². The van der Waals surface area contributed by atoms with E-state index in [1.54, 1.807) is 5.56 Å². The van der Waals surface area contributed by atoms with E-state index < -0.39 is 0 Å². The van der Waals surface area contributed by atoms with Crippen molar-refractivity contribution < 1.29 is 0 Å². The van der Waals surface area contributed by atoms with Crippen LogP contribution >= 0.6 is 0 Å². The Morgan fingerprint density at radius 2 is 1.90 bits per heavy atom. The van der Waals surface area contributed by atoms with Gasteiger partial charge in [0.2, 0.25) is 0 Å². The van der Waals surface area contributed by atoms with Gasteiger partial charge in [-0.1, -0.05) is 70.4 Å². The Bertz CT molecular complexity index is 373. The van der Waals surface area contributed by atoms with Gasteiger partial charge in [0.25, 0.3) is 0 Å². The Balaban J connectivity index is 1.99. The second-order valence-corrected chi connectivity index (χ2v) is 6.31. The maximum absolute atomic E-state index is 3.80. The average Bonchev–Trinajstić information content (AvgIpc) is 3.28. The Kier molecular flexibility index (Phi) is 6.09. The molecule has 0 heterocycles. The van der Waals surface area contributed by atoms with Gasteiger partial charge in [0.15, 0.2) is 0 Å². The van der Waals surface area contributed by atoms with Crippen LogP contribution in [0.25, 0.3) is 0 Å². The number of nitrogens with one attached hydrogen (secondary N) is 1. The van der Waals surface area contributed by atoms with Gasteiger partial charge in [-0.05, 0) is 42.7 Å². The Morgan fingerprint density at radius 1 is 1.15 bits per heavy atom. The molecular formula is C19H31N. The van der Waals surface area contributed by atoms with Crippen LogP contribution in [0.1, 0.15) is 64.4 Å². The molecule has 1 saturated carbocycles. The fourth-order valence-electron chi connectivity index (χ4n) is 3.70. The fourth-order valence-corrected chi connectivity index (χ4v) is 3.70. The molecule has 1 aromatic carbocycles. The fraction of sp³-hybridized carbons (Fsp3) is 0.684. The van der Waals surface area contributed by atoms with Crippen LogP contribution in [-0.4, -0.2) is 12.6 Å². The highest BCUT2D eigenvalue weighted by molar-refractivity contribution is 5.26. The van der Waals surface area contributed by atoms with Gasteiger partial charge >= 0.3 is 0 Å². The van der Waals surface area contributed by atoms with Gasteiger partial charge in [0.05, 0.1) is 0 Å². The van der Waals surface area contributed by atoms with Gasteiger partial charge in [-0.25, -0.2) is 0 Å². The number of unbranched alkanes of at least 4 members (excludes halogenated alkanes) is 1. The van der Waals surface area contributed by atoms with Crippen molar-refractivity contribution in [1.29, 1.82) is 0 Å². The highest BCUT2D eigenvalue weighted by Crippen LogP contribution is 2.51. The minimum absolute atomic E-state index is 0.724. The van der Waals surface area contributed by atoms with E-state index in [0.29, 0.717) is 0 Å². The van der Waals surface area contributed by atoms with Crippen molar-refractivity contribution >= 4 is 0 Å². The summed E-state index contributed by atoms with van der Waals surface area (Å²) in [5.41, 5.74) is 1.55. The van der Waals surface area contributed by atoms with E-state index in [-0.39, 0.29) is 0 Å². The van der Waals surface area contributed by atoms with Gasteiger partial charge in [0, 0.05) is 6.04 Å². The number of benzene rings is 1. The van der Waals surface area contributed by atoms with E-state index >= 15 is 0 Å². The van der Waals surface area contributed by atoms with Crippen molar-refractivity contribution in [3.63, 3.8) is 0 Å². The minimum Gasteiger partial charge on any atom is -0.314 e. The standard InChI is InChI=1S/C19H31N/c1-4-7-11-15(5-2)19(20-6-3)18-14-17(18)16-12-9-8-10-13-16/h8-10,12-13,15,17-20H,4-7,11,14H2,1-3H3. The summed E-state index contributed by atoms with van der Waals surface area (Å²) in [4.78, 5) is 0. The molecule has 4 atom stereocenters. The molecule has 4 unspecified atom stereocenters. The zero-order valence-corrected chi connectivity index (χ0v) is 13.4. The molecule has 1 N–H and O–H groups in total. The number of hydrogen-bond acceptors (Lipinski definition) is 1. The highest BCUT2D eigenvalue weighted by Gasteiger charge is 2.45. The molecule has 0 amide bonds. The molecule has 0 radical (unpaired) electrons. The van der Waals surface area contributed by atoms with Gasteiger partial charge in [0.1, 0.15) is 0 Å². The normalized spacial score (nSPS) is 24.4. The van der Waals surface area contributed by atoms with E-state index in [1.807, 2.05) is 0 Å². The van der Waals surface area contributed by atoms with Crippen molar-refractivity contribution in [1.82, 2.24) is 5.32 Å². The lowest BCUT2D eigenvalue weighted by Gasteiger charge is -2.28. The van der Waals surface area contributed by atoms with E-state index in [0.717, 1.165) is 30.3 Å². The summed E-state index contributed by atoms with van der Waals surface area (Å²) in [6, 6.07) is 11.8. The number of rotatable bonds is 9. The minimum atomic E-state index is 0.724. The predicted molar refractivity (Wildman–Crippen MR) is 88.1 cm³/mol. The molecule has 0 saturated heterocycles. The van der Waals surface area contributed by atoms with Crippen LogP contribution in [0, 0.1) is 11.8 Å². The molecule has 1 aliphatic rings. The summed E-state index contributed by atoms with van der Waals surface area (Å²) in [5.74, 6) is 2.52. The molecule has 1 aliphatic carbocycles. The summed E-state index contributed by atoms with van der Waals surface area (Å²) in [5, 5.41) is 3.80. The van der Waals surface area contributed by atoms with Gasteiger partial charge in [-0.3, -0.25) is 0 Å². The molecule has 0 spiro atoms. The van der Waals surface area contributed by atoms with Crippen molar-refractivity contribution in [2.75, 3.05) is 6.54 Å². The smallest absolute Gasteiger partial charge is 0.0129 e. The van der Waals surface area contributed by atoms with Crippen molar-refractivity contribution in [3.05, 3.63) is 35.9 Å². The molecule has 1 nitrogen and oxygen atoms in total. The summed E-state index contributed by atoms with van der Waals surface area (Å²) >= 11 is 0. The van der Waals surface area contributed by atoms with Gasteiger partial charge in [-0.15, -0.1) is 0 Å². The second-order valence-electron chi connectivity index (χ2n) is 6.31. The molecule has 0 bridgehead atoms. The zero-order valence-electron chi connectivity index (χ0n) is 13.4. The maximum atomic E-state index is 3.80. The SMILES string of the molecule is CCCCC(CC)C(NCC)C1CC1c1ccccc1. The topological polar surface area (TPSA) is 12.0 Å². The largest absolute Gasteiger partial charge is 0.314 e. The summed E-state index contributed by atoms with van der Waals surface area (Å²) in [6.07, 6.45) is 6.79. The highest BCUT2D eigenvalue weighted by atomic mass is 14.9. The second kappa shape index (κ2) is 7.83. The third-order valence-electron chi connectivity index (χ3n) is 4.93. The van der Waals surface area contributed by atoms with E-state index in [4.69, 9.17) is 0 Å². The van der Waals surface area contributed by atoms with E-state index in [9.17, 15) is 0 Å². The first-order chi connectivity index (χ1) is 9.81. The lowest BCUT2D eigenvalue weighted by Crippen LogP contribution is -2.38. The van der Waals surface area contributed by atoms with Crippen molar-refractivity contribution in [2.45, 2.75) is 64.8 Å². The summed E-state index contributed by atoms with van der Waals surface area (Å²) in [6.45, 7) is 8.02. The Morgan fingerprint density at radius 3 is 2.50 bits per heavy atom. The van der Waals surface area contributed by atoms with Crippen LogP contribution in [0.5, 0.6) is 0 Å². The van der Waals surface area contributed by atoms with Crippen molar-refractivity contribution in [2.24, 2.45) is 11.8 Å². The van der Waals surface area contributed by atoms with Gasteiger partial charge < -0.3 is 5.32 Å². The summed E-state index contributed by atoms with van der Waals surface area (Å²) in [7, 11) is 0. The van der Waals surface area contributed by atoms with E-state index in [2.05, 4.69) is 56.4 Å². The Hall–Kier alpha value is -0.820. The molecule has 2 rings (SSSR count). The average molecular weight is 273 g/mol. The maximum Gasteiger partial charge on any atom is 0.0129 e. The van der Waals surface area contributed by atoms with Crippen LogP contribution in [0.3, 0.4) is 0 Å². The monoisotopic (exact) mass is 273 g/mol. The lowest BCUT2D eigenvalue weighted by molar-refractivity contribution is 0.291. The summed E-state index contributed by atoms with van der Waals surface area (Å²) < 4.78 is 0. The molecule has 20 heavy (non-hydrogen) atoms.